The molecule has 0 unspecified atom stereocenters. The quantitative estimate of drug-likeness (QED) is 0.420. The van der Waals surface area contributed by atoms with Gasteiger partial charge in [0.1, 0.15) is 6.07 Å². The van der Waals surface area contributed by atoms with Gasteiger partial charge in [-0.25, -0.2) is 4.98 Å². The highest BCUT2D eigenvalue weighted by Gasteiger charge is 2.12. The molecule has 0 aliphatic carbocycles. The van der Waals surface area contributed by atoms with Gasteiger partial charge < -0.3 is 14.5 Å². The Labute approximate surface area is 164 Å². The van der Waals surface area contributed by atoms with E-state index in [4.69, 9.17) is 9.47 Å². The molecule has 7 heteroatoms. The molecule has 2 aromatic carbocycles. The van der Waals surface area contributed by atoms with Gasteiger partial charge in [0.2, 0.25) is 0 Å². The monoisotopic (exact) mass is 429 g/mol. The van der Waals surface area contributed by atoms with Gasteiger partial charge in [0, 0.05) is 0 Å². The zero-order valence-electron chi connectivity index (χ0n) is 14.2. The molecule has 0 aliphatic heterocycles. The number of rotatable bonds is 6. The van der Waals surface area contributed by atoms with E-state index in [0.717, 1.165) is 21.1 Å². The van der Waals surface area contributed by atoms with E-state index >= 15 is 0 Å². The van der Waals surface area contributed by atoms with Crippen molar-refractivity contribution >= 4 is 44.8 Å². The lowest BCUT2D eigenvalue weighted by atomic mass is 10.2. The first-order valence-corrected chi connectivity index (χ1v) is 9.50. The van der Waals surface area contributed by atoms with Crippen molar-refractivity contribution in [2.75, 3.05) is 13.7 Å². The number of fused-ring (bicyclic) bond motifs is 1. The van der Waals surface area contributed by atoms with Crippen LogP contribution in [0.4, 0.5) is 0 Å². The lowest BCUT2D eigenvalue weighted by Gasteiger charge is -2.12. The van der Waals surface area contributed by atoms with Crippen LogP contribution in [0.1, 0.15) is 12.5 Å². The number of nitriles is 1. The Kier molecular flexibility index (Phi) is 5.86. The minimum atomic E-state index is 0.517. The molecule has 0 saturated heterocycles. The third-order valence-corrected chi connectivity index (χ3v) is 4.92. The van der Waals surface area contributed by atoms with Crippen molar-refractivity contribution in [1.82, 2.24) is 9.97 Å². The molecule has 5 nitrogen and oxygen atoms in total. The number of thioether (sulfide) groups is 1. The molecule has 26 heavy (non-hydrogen) atoms. The number of imidazole rings is 1. The second-order valence-corrected chi connectivity index (χ2v) is 7.13. The summed E-state index contributed by atoms with van der Waals surface area (Å²) in [4.78, 5) is 8.23. The summed E-state index contributed by atoms with van der Waals surface area (Å²) < 4.78 is 11.8. The molecule has 1 heterocycles. The Balaban J connectivity index is 1.92. The van der Waals surface area contributed by atoms with Crippen molar-refractivity contribution in [3.8, 4) is 17.6 Å². The summed E-state index contributed by atoms with van der Waals surface area (Å²) in [5.74, 6) is 1.26. The average Bonchev–Trinajstić information content (AvgIpc) is 3.03. The molecule has 1 N–H and O–H groups in total. The van der Waals surface area contributed by atoms with Crippen LogP contribution >= 0.6 is 27.7 Å². The fraction of sp³-hybridized carbons (Fsp3) is 0.158. The van der Waals surface area contributed by atoms with Gasteiger partial charge in [-0.2, -0.15) is 5.26 Å². The van der Waals surface area contributed by atoms with Crippen LogP contribution in [-0.4, -0.2) is 23.7 Å². The maximum Gasteiger partial charge on any atom is 0.174 e. The van der Waals surface area contributed by atoms with E-state index in [1.54, 1.807) is 13.2 Å². The van der Waals surface area contributed by atoms with Crippen molar-refractivity contribution in [2.24, 2.45) is 0 Å². The summed E-state index contributed by atoms with van der Waals surface area (Å²) in [6.07, 6.45) is 1.80. The van der Waals surface area contributed by atoms with Gasteiger partial charge in [-0.3, -0.25) is 0 Å². The number of halogens is 1. The molecule has 3 rings (SSSR count). The molecule has 1 aromatic heterocycles. The third kappa shape index (κ3) is 4.03. The van der Waals surface area contributed by atoms with Gasteiger partial charge >= 0.3 is 0 Å². The molecule has 0 atom stereocenters. The van der Waals surface area contributed by atoms with E-state index in [2.05, 4.69) is 32.0 Å². The first-order chi connectivity index (χ1) is 12.6. The number of nitrogens with zero attached hydrogens (tertiary/aromatic N) is 2. The number of hydrogen-bond donors (Lipinski definition) is 1. The van der Waals surface area contributed by atoms with Crippen molar-refractivity contribution in [3.63, 3.8) is 0 Å². The van der Waals surface area contributed by atoms with Crippen LogP contribution in [0.5, 0.6) is 11.5 Å². The second-order valence-electron chi connectivity index (χ2n) is 5.25. The molecule has 0 saturated carbocycles. The number of para-hydroxylation sites is 2. The highest BCUT2D eigenvalue weighted by molar-refractivity contribution is 9.10. The largest absolute Gasteiger partial charge is 0.492 e. The van der Waals surface area contributed by atoms with Crippen LogP contribution in [0.3, 0.4) is 0 Å². The van der Waals surface area contributed by atoms with E-state index < -0.39 is 0 Å². The standard InChI is InChI=1S/C19H16BrN3O2S/c1-3-25-17-10-12(9-14(20)18(17)24-2)8-13(11-21)26-19-22-15-6-4-5-7-16(15)23-19/h4-10H,3H2,1-2H3,(H,22,23)/b13-8+. The fourth-order valence-electron chi connectivity index (χ4n) is 2.45. The van der Waals surface area contributed by atoms with E-state index in [1.807, 2.05) is 43.3 Å². The number of aromatic amines is 1. The van der Waals surface area contributed by atoms with Crippen molar-refractivity contribution in [2.45, 2.75) is 12.1 Å². The number of allylic oxidation sites excluding steroid dienone is 1. The van der Waals surface area contributed by atoms with Crippen molar-refractivity contribution in [1.29, 1.82) is 5.26 Å². The third-order valence-electron chi connectivity index (χ3n) is 3.52. The number of H-pyrrole nitrogens is 1. The van der Waals surface area contributed by atoms with Crippen LogP contribution in [0.15, 0.2) is 50.9 Å². The number of ether oxygens (including phenoxy) is 2. The first-order valence-electron chi connectivity index (χ1n) is 7.89. The van der Waals surface area contributed by atoms with Gasteiger partial charge in [0.25, 0.3) is 0 Å². The lowest BCUT2D eigenvalue weighted by molar-refractivity contribution is 0.310. The first kappa shape index (κ1) is 18.4. The van der Waals surface area contributed by atoms with Gasteiger partial charge in [0.15, 0.2) is 16.7 Å². The minimum absolute atomic E-state index is 0.517. The maximum atomic E-state index is 9.52. The summed E-state index contributed by atoms with van der Waals surface area (Å²) in [5.41, 5.74) is 2.65. The van der Waals surface area contributed by atoms with Gasteiger partial charge in [-0.15, -0.1) is 0 Å². The second kappa shape index (κ2) is 8.30. The van der Waals surface area contributed by atoms with Crippen molar-refractivity contribution in [3.05, 3.63) is 51.3 Å². The average molecular weight is 430 g/mol. The van der Waals surface area contributed by atoms with Crippen LogP contribution in [0.25, 0.3) is 17.1 Å². The number of methoxy groups -OCH3 is 1. The summed E-state index contributed by atoms with van der Waals surface area (Å²) in [7, 11) is 1.59. The molecule has 0 radical (unpaired) electrons. The molecule has 0 amide bonds. The van der Waals surface area contributed by atoms with E-state index in [9.17, 15) is 5.26 Å². The summed E-state index contributed by atoms with van der Waals surface area (Å²) in [5, 5.41) is 10.2. The van der Waals surface area contributed by atoms with E-state index in [1.165, 1.54) is 11.8 Å². The Bertz CT molecular complexity index is 975. The Morgan fingerprint density at radius 1 is 1.38 bits per heavy atom. The van der Waals surface area contributed by atoms with Crippen LogP contribution in [0.2, 0.25) is 0 Å². The number of nitrogens with one attached hydrogen (secondary N) is 1. The summed E-state index contributed by atoms with van der Waals surface area (Å²) in [6, 6.07) is 13.7. The predicted molar refractivity (Wildman–Crippen MR) is 107 cm³/mol. The minimum Gasteiger partial charge on any atom is -0.492 e. The lowest BCUT2D eigenvalue weighted by Crippen LogP contribution is -1.96. The predicted octanol–water partition coefficient (Wildman–Crippen LogP) is 5.39. The molecule has 132 valence electrons. The Morgan fingerprint density at radius 2 is 2.19 bits per heavy atom. The zero-order chi connectivity index (χ0) is 18.5. The molecule has 0 fully saturated rings. The summed E-state index contributed by atoms with van der Waals surface area (Å²) >= 11 is 4.78. The molecular formula is C19H16BrN3O2S. The SMILES string of the molecule is CCOc1cc(/C=C(\C#N)Sc2nc3ccccc3[nH]2)cc(Br)c1OC. The summed E-state index contributed by atoms with van der Waals surface area (Å²) in [6.45, 7) is 2.43. The van der Waals surface area contributed by atoms with Gasteiger partial charge in [-0.05, 0) is 70.5 Å². The highest BCUT2D eigenvalue weighted by atomic mass is 79.9. The topological polar surface area (TPSA) is 70.9 Å². The van der Waals surface area contributed by atoms with Gasteiger partial charge in [-0.1, -0.05) is 12.1 Å². The fourth-order valence-corrected chi connectivity index (χ4v) is 3.83. The van der Waals surface area contributed by atoms with E-state index in [0.29, 0.717) is 28.2 Å². The molecule has 3 aromatic rings. The van der Waals surface area contributed by atoms with E-state index in [-0.39, 0.29) is 0 Å². The Morgan fingerprint density at radius 3 is 2.88 bits per heavy atom. The number of aromatic nitrogens is 2. The van der Waals surface area contributed by atoms with Gasteiger partial charge in [0.05, 0.1) is 34.1 Å². The highest BCUT2D eigenvalue weighted by Crippen LogP contribution is 2.38. The molecular weight excluding hydrogens is 414 g/mol. The smallest absolute Gasteiger partial charge is 0.174 e. The number of hydrogen-bond acceptors (Lipinski definition) is 5. The number of benzene rings is 2. The Hall–Kier alpha value is -2.43. The van der Waals surface area contributed by atoms with Crippen molar-refractivity contribution < 1.29 is 9.47 Å². The van der Waals surface area contributed by atoms with Crippen LogP contribution in [-0.2, 0) is 0 Å². The molecule has 0 aliphatic rings. The molecule has 0 spiro atoms. The van der Waals surface area contributed by atoms with Crippen LogP contribution in [0, 0.1) is 11.3 Å². The normalized spacial score (nSPS) is 11.4. The maximum absolute atomic E-state index is 9.52. The molecule has 0 bridgehead atoms. The zero-order valence-corrected chi connectivity index (χ0v) is 16.6. The van der Waals surface area contributed by atoms with Crippen LogP contribution < -0.4 is 9.47 Å².